The molecule has 0 bridgehead atoms. The number of aryl methyl sites for hydroxylation is 2. The lowest BCUT2D eigenvalue weighted by molar-refractivity contribution is 0.590. The fraction of sp³-hybridized carbons (Fsp3) is 0.194. The van der Waals surface area contributed by atoms with Crippen LogP contribution in [0.5, 0.6) is 0 Å². The first-order chi connectivity index (χ1) is 36.4. The molecule has 3 heterocycles. The van der Waals surface area contributed by atoms with E-state index in [2.05, 4.69) is 267 Å². The highest BCUT2D eigenvalue weighted by molar-refractivity contribution is 7.00. The third kappa shape index (κ3) is 7.24. The van der Waals surface area contributed by atoms with E-state index in [0.717, 1.165) is 50.5 Å². The Kier molecular flexibility index (Phi) is 11.2. The van der Waals surface area contributed by atoms with Crippen LogP contribution in [0.2, 0.25) is 0 Å². The van der Waals surface area contributed by atoms with Crippen molar-refractivity contribution in [3.05, 3.63) is 239 Å². The summed E-state index contributed by atoms with van der Waals surface area (Å²) in [6.45, 7) is 39.0. The van der Waals surface area contributed by atoms with Crippen molar-refractivity contribution in [2.45, 2.75) is 92.4 Å². The molecule has 8 aromatic carbocycles. The van der Waals surface area contributed by atoms with Crippen molar-refractivity contribution >= 4 is 102 Å². The summed E-state index contributed by atoms with van der Waals surface area (Å²) in [7, 11) is 0. The van der Waals surface area contributed by atoms with Gasteiger partial charge in [0, 0.05) is 50.2 Å². The van der Waals surface area contributed by atoms with E-state index in [1.165, 1.54) is 94.3 Å². The van der Waals surface area contributed by atoms with Gasteiger partial charge in [-0.3, -0.25) is 0 Å². The number of nitrogens with zero attached hydrogens (tertiary/aromatic N) is 3. The fourth-order valence-corrected chi connectivity index (χ4v) is 13.2. The Labute approximate surface area is 451 Å². The van der Waals surface area contributed by atoms with Crippen molar-refractivity contribution in [3.63, 3.8) is 0 Å². The topological polar surface area (TPSA) is 11.4 Å². The van der Waals surface area contributed by atoms with Crippen LogP contribution in [-0.2, 0) is 16.2 Å². The highest BCUT2D eigenvalue weighted by atomic mass is 15.2. The summed E-state index contributed by atoms with van der Waals surface area (Å²) in [6, 6.07) is 57.5. The lowest BCUT2D eigenvalue weighted by atomic mass is 9.33. The molecule has 0 saturated carbocycles. The molecular weight excluding hydrogens is 918 g/mol. The van der Waals surface area contributed by atoms with E-state index < -0.39 is 0 Å². The second-order valence-electron chi connectivity index (χ2n) is 24.0. The SMILES string of the molecule is C=C/C(=C1\C(=C)c2ccccc2C1(C)C)c1ccc(N2c3cc4c(cc3B3c5ccc(C(C)(C)C)cc5N(c5c(C)cccc5C)c5cc(C(C)(C)C)cc2c53)c(/C=C\C)c(C=C)n4-c2cccc3ccccc23)cc1. The van der Waals surface area contributed by atoms with Gasteiger partial charge < -0.3 is 14.4 Å². The maximum Gasteiger partial charge on any atom is 0.252 e. The molecule has 1 aliphatic carbocycles. The normalized spacial score (nSPS) is 15.3. The molecule has 76 heavy (non-hydrogen) atoms. The smallest absolute Gasteiger partial charge is 0.252 e. The monoisotopic (exact) mass is 986 g/mol. The van der Waals surface area contributed by atoms with E-state index in [-0.39, 0.29) is 23.0 Å². The Morgan fingerprint density at radius 2 is 1.24 bits per heavy atom. The number of benzene rings is 8. The third-order valence-electron chi connectivity index (χ3n) is 16.9. The second kappa shape index (κ2) is 17.5. The van der Waals surface area contributed by atoms with Gasteiger partial charge in [0.25, 0.3) is 6.71 Å². The minimum absolute atomic E-state index is 0.0705. The van der Waals surface area contributed by atoms with Crippen molar-refractivity contribution < 1.29 is 0 Å². The molecule has 1 aromatic heterocycles. The first-order valence-electron chi connectivity index (χ1n) is 27.1. The maximum absolute atomic E-state index is 4.70. The van der Waals surface area contributed by atoms with Crippen molar-refractivity contribution in [1.82, 2.24) is 4.57 Å². The molecule has 0 unspecified atom stereocenters. The lowest BCUT2D eigenvalue weighted by Gasteiger charge is -2.46. The Morgan fingerprint density at radius 3 is 1.91 bits per heavy atom. The van der Waals surface area contributed by atoms with Gasteiger partial charge >= 0.3 is 0 Å². The second-order valence-corrected chi connectivity index (χ2v) is 24.0. The maximum atomic E-state index is 4.70. The first-order valence-corrected chi connectivity index (χ1v) is 27.1. The summed E-state index contributed by atoms with van der Waals surface area (Å²) in [5, 5.41) is 3.58. The van der Waals surface area contributed by atoms with Crippen molar-refractivity contribution in [2.75, 3.05) is 9.80 Å². The molecule has 0 amide bonds. The predicted molar refractivity (Wildman–Crippen MR) is 332 cm³/mol. The van der Waals surface area contributed by atoms with E-state index in [0.29, 0.717) is 0 Å². The number of anilines is 6. The van der Waals surface area contributed by atoms with Crippen LogP contribution in [0.1, 0.15) is 113 Å². The molecule has 3 aliphatic rings. The Morgan fingerprint density at radius 1 is 0.605 bits per heavy atom. The molecule has 0 saturated heterocycles. The largest absolute Gasteiger partial charge is 0.311 e. The van der Waals surface area contributed by atoms with Crippen LogP contribution in [0, 0.1) is 13.8 Å². The van der Waals surface area contributed by atoms with Gasteiger partial charge in [0.15, 0.2) is 0 Å². The summed E-state index contributed by atoms with van der Waals surface area (Å²) in [4.78, 5) is 5.21. The molecule has 0 radical (unpaired) electrons. The minimum atomic E-state index is -0.241. The number of rotatable bonds is 7. The minimum Gasteiger partial charge on any atom is -0.311 e. The van der Waals surface area contributed by atoms with Crippen LogP contribution in [0.15, 0.2) is 189 Å². The summed E-state index contributed by atoms with van der Waals surface area (Å²) < 4.78 is 2.46. The molecule has 3 nitrogen and oxygen atoms in total. The molecule has 0 fully saturated rings. The average molecular weight is 986 g/mol. The highest BCUT2D eigenvalue weighted by Gasteiger charge is 2.46. The molecule has 374 valence electrons. The number of allylic oxidation sites excluding steroid dienone is 5. The summed E-state index contributed by atoms with van der Waals surface area (Å²) in [5.74, 6) is 0. The average Bonchev–Trinajstić information content (AvgIpc) is 3.97. The van der Waals surface area contributed by atoms with Gasteiger partial charge in [-0.05, 0) is 158 Å². The number of fused-ring (bicyclic) bond motifs is 7. The molecular formula is C72H68BN3. The molecule has 4 heteroatoms. The van der Waals surface area contributed by atoms with E-state index in [4.69, 9.17) is 6.58 Å². The Balaban J connectivity index is 1.21. The number of para-hydroxylation sites is 1. The van der Waals surface area contributed by atoms with Crippen LogP contribution in [0.25, 0.3) is 50.7 Å². The van der Waals surface area contributed by atoms with Gasteiger partial charge in [0.05, 0.1) is 22.6 Å². The van der Waals surface area contributed by atoms with Crippen LogP contribution in [-0.4, -0.2) is 11.3 Å². The van der Waals surface area contributed by atoms with Crippen LogP contribution >= 0.6 is 0 Å². The molecule has 9 aromatic rings. The Bertz CT molecular complexity index is 4000. The summed E-state index contributed by atoms with van der Waals surface area (Å²) >= 11 is 0. The van der Waals surface area contributed by atoms with Crippen molar-refractivity contribution in [1.29, 1.82) is 0 Å². The zero-order chi connectivity index (χ0) is 53.3. The molecule has 12 rings (SSSR count). The van der Waals surface area contributed by atoms with Gasteiger partial charge in [-0.25, -0.2) is 0 Å². The summed E-state index contributed by atoms with van der Waals surface area (Å²) in [6.07, 6.45) is 8.53. The van der Waals surface area contributed by atoms with Gasteiger partial charge in [-0.1, -0.05) is 203 Å². The van der Waals surface area contributed by atoms with Gasteiger partial charge in [-0.15, -0.1) is 0 Å². The number of hydrogen-bond acceptors (Lipinski definition) is 2. The van der Waals surface area contributed by atoms with Gasteiger partial charge in [0.1, 0.15) is 0 Å². The molecule has 0 N–H and O–H groups in total. The van der Waals surface area contributed by atoms with Crippen LogP contribution < -0.4 is 26.2 Å². The van der Waals surface area contributed by atoms with E-state index in [9.17, 15) is 0 Å². The van der Waals surface area contributed by atoms with Gasteiger partial charge in [-0.2, -0.15) is 0 Å². The van der Waals surface area contributed by atoms with E-state index >= 15 is 0 Å². The van der Waals surface area contributed by atoms with Crippen molar-refractivity contribution in [3.8, 4) is 5.69 Å². The molecule has 0 spiro atoms. The van der Waals surface area contributed by atoms with Crippen LogP contribution in [0.4, 0.5) is 34.1 Å². The van der Waals surface area contributed by atoms with Crippen molar-refractivity contribution in [2.24, 2.45) is 0 Å². The Hall–Kier alpha value is -8.08. The zero-order valence-electron chi connectivity index (χ0n) is 46.3. The molecule has 2 aliphatic heterocycles. The van der Waals surface area contributed by atoms with Crippen LogP contribution in [0.3, 0.4) is 0 Å². The van der Waals surface area contributed by atoms with Gasteiger partial charge in [0.2, 0.25) is 0 Å². The molecule has 0 atom stereocenters. The van der Waals surface area contributed by atoms with E-state index in [1.807, 2.05) is 12.2 Å². The lowest BCUT2D eigenvalue weighted by Crippen LogP contribution is -2.61. The number of aromatic nitrogens is 1. The summed E-state index contributed by atoms with van der Waals surface area (Å²) in [5.41, 5.74) is 27.1. The zero-order valence-corrected chi connectivity index (χ0v) is 46.3. The first kappa shape index (κ1) is 48.8. The third-order valence-corrected chi connectivity index (χ3v) is 16.9. The van der Waals surface area contributed by atoms with E-state index in [1.54, 1.807) is 0 Å². The fourth-order valence-electron chi connectivity index (χ4n) is 13.2. The standard InChI is InChI=1S/C72H68BN3/c1-15-24-55-56-42-59-64(43-62(56)75(60(55)17-3)61-32-23-28-47-27-18-19-30-54(47)61)74(51-36-33-48(34-37-51)52(16-2)67-46(6)53-29-20-21-31-57(53)72(67,13)14)65-40-50(71(10,11)12)41-66-68(65)73(59)58-38-35-49(70(7,8)9)39-63(58)76(66)69-44(4)25-22-26-45(69)5/h15-43H,2-3,6H2,1,4-5,7-14H3/b24-15-,67-52-. The highest BCUT2D eigenvalue weighted by Crippen LogP contribution is 2.53. The predicted octanol–water partition coefficient (Wildman–Crippen LogP) is 17.7. The quantitative estimate of drug-likeness (QED) is 0.147. The number of hydrogen-bond donors (Lipinski definition) is 0.